The monoisotopic (exact) mass is 411 g/mol. The average Bonchev–Trinajstić information content (AvgIpc) is 3.14. The van der Waals surface area contributed by atoms with Crippen molar-refractivity contribution in [3.63, 3.8) is 0 Å². The lowest BCUT2D eigenvalue weighted by atomic mass is 10.0. The van der Waals surface area contributed by atoms with Crippen LogP contribution in [-0.4, -0.2) is 84.6 Å². The minimum atomic E-state index is -0.626. The summed E-state index contributed by atoms with van der Waals surface area (Å²) in [5, 5.41) is 20.0. The van der Waals surface area contributed by atoms with Crippen LogP contribution in [0.2, 0.25) is 0 Å². The number of piperazine rings is 1. The van der Waals surface area contributed by atoms with Crippen molar-refractivity contribution in [2.45, 2.75) is 18.6 Å². The first kappa shape index (κ1) is 21.1. The highest BCUT2D eigenvalue weighted by Crippen LogP contribution is 2.26. The van der Waals surface area contributed by atoms with Gasteiger partial charge < -0.3 is 19.8 Å². The predicted octanol–water partition coefficient (Wildman–Crippen LogP) is 1.82. The fourth-order valence-corrected chi connectivity index (χ4v) is 4.54. The van der Waals surface area contributed by atoms with Crippen molar-refractivity contribution in [1.29, 1.82) is 0 Å². The molecule has 0 aromatic heterocycles. The highest BCUT2D eigenvalue weighted by Gasteiger charge is 2.38. The molecule has 2 aliphatic rings. The summed E-state index contributed by atoms with van der Waals surface area (Å²) in [7, 11) is 0. The van der Waals surface area contributed by atoms with Crippen molar-refractivity contribution in [2.75, 3.05) is 63.9 Å². The van der Waals surface area contributed by atoms with Crippen LogP contribution >= 0.6 is 0 Å². The van der Waals surface area contributed by atoms with Crippen molar-refractivity contribution in [3.8, 4) is 5.75 Å². The second-order valence-corrected chi connectivity index (χ2v) is 8.50. The van der Waals surface area contributed by atoms with Gasteiger partial charge in [0.1, 0.15) is 12.4 Å². The molecule has 0 bridgehead atoms. The number of hydrogen-bond donors (Lipinski definition) is 2. The molecule has 162 valence electrons. The fourth-order valence-electron chi connectivity index (χ4n) is 4.54. The second kappa shape index (κ2) is 9.79. The largest absolute Gasteiger partial charge is 0.491 e. The second-order valence-electron chi connectivity index (χ2n) is 8.50. The average molecular weight is 412 g/mol. The maximum absolute atomic E-state index is 11.2. The Morgan fingerprint density at radius 2 is 1.60 bits per heavy atom. The number of hydrogen-bond acceptors (Lipinski definition) is 6. The number of likely N-dealkylation sites (tertiary alicyclic amines) is 1. The molecule has 30 heavy (non-hydrogen) atoms. The van der Waals surface area contributed by atoms with Crippen LogP contribution in [0.4, 0.5) is 5.69 Å². The minimum Gasteiger partial charge on any atom is -0.491 e. The molecule has 0 aliphatic carbocycles. The molecule has 2 aromatic rings. The van der Waals surface area contributed by atoms with E-state index in [-0.39, 0.29) is 6.61 Å². The van der Waals surface area contributed by atoms with Gasteiger partial charge >= 0.3 is 0 Å². The van der Waals surface area contributed by atoms with Gasteiger partial charge in [-0.15, -0.1) is 0 Å². The minimum absolute atomic E-state index is 0.0232. The molecule has 2 fully saturated rings. The third-order valence-electron chi connectivity index (χ3n) is 6.11. The van der Waals surface area contributed by atoms with Gasteiger partial charge in [-0.25, -0.2) is 0 Å². The third kappa shape index (κ3) is 5.52. The smallest absolute Gasteiger partial charge is 0.119 e. The van der Waals surface area contributed by atoms with Crippen molar-refractivity contribution in [1.82, 2.24) is 9.80 Å². The van der Waals surface area contributed by atoms with Crippen LogP contribution in [-0.2, 0) is 6.54 Å². The number of rotatable bonds is 8. The molecule has 2 aromatic carbocycles. The number of β-amino-alcohol motifs (C(OH)–C–C–N with tert-alkyl or cyclic N) is 1. The van der Waals surface area contributed by atoms with Crippen molar-refractivity contribution in [3.05, 3.63) is 60.2 Å². The SMILES string of the molecule is OCCOc1ccc(CN2CC[C@@](O)(CN3CCN(c4ccccc4)CC3)C2)cc1. The van der Waals surface area contributed by atoms with E-state index < -0.39 is 5.60 Å². The summed E-state index contributed by atoms with van der Waals surface area (Å²) in [5.41, 5.74) is 1.88. The summed E-state index contributed by atoms with van der Waals surface area (Å²) in [6.07, 6.45) is 0.823. The first-order valence-corrected chi connectivity index (χ1v) is 10.9. The standard InChI is InChI=1S/C24H33N3O3/c28-16-17-30-23-8-6-21(7-9-23)18-26-11-10-24(29,20-26)19-25-12-14-27(15-13-25)22-4-2-1-3-5-22/h1-9,28-29H,10-20H2/t24-/m1/s1. The number of ether oxygens (including phenoxy) is 1. The van der Waals surface area contributed by atoms with Crippen LogP contribution in [0.15, 0.2) is 54.6 Å². The first-order valence-electron chi connectivity index (χ1n) is 10.9. The van der Waals surface area contributed by atoms with Crippen LogP contribution in [0.25, 0.3) is 0 Å². The lowest BCUT2D eigenvalue weighted by Gasteiger charge is -2.39. The van der Waals surface area contributed by atoms with Gasteiger partial charge in [0.2, 0.25) is 0 Å². The van der Waals surface area contributed by atoms with E-state index in [4.69, 9.17) is 9.84 Å². The maximum Gasteiger partial charge on any atom is 0.119 e. The number of benzene rings is 2. The van der Waals surface area contributed by atoms with E-state index in [1.165, 1.54) is 11.3 Å². The Morgan fingerprint density at radius 1 is 0.867 bits per heavy atom. The molecular weight excluding hydrogens is 378 g/mol. The zero-order valence-corrected chi connectivity index (χ0v) is 17.6. The van der Waals surface area contributed by atoms with E-state index in [0.717, 1.165) is 58.0 Å². The zero-order chi connectivity index (χ0) is 20.8. The van der Waals surface area contributed by atoms with E-state index in [1.807, 2.05) is 12.1 Å². The Hall–Kier alpha value is -2.12. The van der Waals surface area contributed by atoms with Gasteiger partial charge in [0, 0.05) is 58.0 Å². The first-order chi connectivity index (χ1) is 14.6. The van der Waals surface area contributed by atoms with Gasteiger partial charge in [-0.2, -0.15) is 0 Å². The molecular formula is C24H33N3O3. The van der Waals surface area contributed by atoms with Crippen molar-refractivity contribution < 1.29 is 14.9 Å². The van der Waals surface area contributed by atoms with Crippen LogP contribution in [0.3, 0.4) is 0 Å². The Bertz CT molecular complexity index is 778. The molecule has 2 saturated heterocycles. The summed E-state index contributed by atoms with van der Waals surface area (Å²) in [6, 6.07) is 18.6. The lowest BCUT2D eigenvalue weighted by Crippen LogP contribution is -2.52. The normalized spacial score (nSPS) is 23.1. The van der Waals surface area contributed by atoms with Crippen molar-refractivity contribution in [2.24, 2.45) is 0 Å². The Balaban J connectivity index is 1.23. The molecule has 6 nitrogen and oxygen atoms in total. The Labute approximate surface area is 179 Å². The highest BCUT2D eigenvalue weighted by atomic mass is 16.5. The molecule has 2 N–H and O–H groups in total. The van der Waals surface area contributed by atoms with Gasteiger partial charge in [0.05, 0.1) is 12.2 Å². The molecule has 1 atom stereocenters. The van der Waals surface area contributed by atoms with Gasteiger partial charge in [-0.05, 0) is 36.2 Å². The summed E-state index contributed by atoms with van der Waals surface area (Å²) in [6.45, 7) is 7.57. The molecule has 2 aliphatic heterocycles. The van der Waals surface area contributed by atoms with Crippen LogP contribution < -0.4 is 9.64 Å². The van der Waals surface area contributed by atoms with E-state index in [2.05, 4.69) is 57.2 Å². The van der Waals surface area contributed by atoms with Gasteiger partial charge in [-0.1, -0.05) is 30.3 Å². The predicted molar refractivity (Wildman–Crippen MR) is 119 cm³/mol. The molecule has 2 heterocycles. The molecule has 6 heteroatoms. The fraction of sp³-hybridized carbons (Fsp3) is 0.500. The Kier molecular flexibility index (Phi) is 6.89. The Morgan fingerprint density at radius 3 is 2.30 bits per heavy atom. The number of anilines is 1. The summed E-state index contributed by atoms with van der Waals surface area (Å²) in [4.78, 5) is 7.18. The number of nitrogens with zero attached hydrogens (tertiary/aromatic N) is 3. The van der Waals surface area contributed by atoms with Crippen LogP contribution in [0.5, 0.6) is 5.75 Å². The molecule has 0 amide bonds. The summed E-state index contributed by atoms with van der Waals surface area (Å²) >= 11 is 0. The van der Waals surface area contributed by atoms with E-state index in [0.29, 0.717) is 13.2 Å². The van der Waals surface area contributed by atoms with E-state index >= 15 is 0 Å². The maximum atomic E-state index is 11.2. The highest BCUT2D eigenvalue weighted by molar-refractivity contribution is 5.46. The molecule has 0 spiro atoms. The molecule has 0 unspecified atom stereocenters. The van der Waals surface area contributed by atoms with E-state index in [1.54, 1.807) is 0 Å². The third-order valence-corrected chi connectivity index (χ3v) is 6.11. The molecule has 0 saturated carbocycles. The summed E-state index contributed by atoms with van der Waals surface area (Å²) in [5.74, 6) is 0.778. The summed E-state index contributed by atoms with van der Waals surface area (Å²) < 4.78 is 5.42. The zero-order valence-electron chi connectivity index (χ0n) is 17.6. The van der Waals surface area contributed by atoms with Gasteiger partial charge in [0.25, 0.3) is 0 Å². The lowest BCUT2D eigenvalue weighted by molar-refractivity contribution is 0.00978. The topological polar surface area (TPSA) is 59.4 Å². The number of aliphatic hydroxyl groups excluding tert-OH is 1. The van der Waals surface area contributed by atoms with Crippen molar-refractivity contribution >= 4 is 5.69 Å². The molecule has 0 radical (unpaired) electrons. The van der Waals surface area contributed by atoms with Gasteiger partial charge in [0.15, 0.2) is 0 Å². The van der Waals surface area contributed by atoms with E-state index in [9.17, 15) is 5.11 Å². The number of para-hydroxylation sites is 1. The number of aliphatic hydroxyl groups is 2. The van der Waals surface area contributed by atoms with Gasteiger partial charge in [-0.3, -0.25) is 9.80 Å². The van der Waals surface area contributed by atoms with Crippen LogP contribution in [0.1, 0.15) is 12.0 Å². The quantitative estimate of drug-likeness (QED) is 0.691. The van der Waals surface area contributed by atoms with Crippen LogP contribution in [0, 0.1) is 0 Å². The molecule has 4 rings (SSSR count).